The Balaban J connectivity index is 1.31. The topological polar surface area (TPSA) is 84.4 Å². The molecule has 1 aromatic carbocycles. The van der Waals surface area contributed by atoms with E-state index >= 15 is 0 Å². The predicted molar refractivity (Wildman–Crippen MR) is 106 cm³/mol. The van der Waals surface area contributed by atoms with Gasteiger partial charge in [-0.2, -0.15) is 0 Å². The molecule has 7 nitrogen and oxygen atoms in total. The number of fused-ring (bicyclic) bond motifs is 1. The molecule has 0 aliphatic carbocycles. The Kier molecular flexibility index (Phi) is 5.23. The zero-order valence-corrected chi connectivity index (χ0v) is 16.6. The lowest BCUT2D eigenvalue weighted by Crippen LogP contribution is -2.52. The van der Waals surface area contributed by atoms with Crippen LogP contribution >= 0.6 is 22.7 Å². The lowest BCUT2D eigenvalue weighted by atomic mass is 10.0. The van der Waals surface area contributed by atoms with Crippen LogP contribution in [0.4, 0.5) is 14.7 Å². The summed E-state index contributed by atoms with van der Waals surface area (Å²) in [5.74, 6) is -0.896. The van der Waals surface area contributed by atoms with Crippen LogP contribution in [0.15, 0.2) is 23.6 Å². The molecule has 2 aromatic heterocycles. The SMILES string of the molecule is CCOC(=O)Cc1csc(NC(=O)C2CN(c3nc4ccc(F)cc4s3)C2)n1. The first-order valence-electron chi connectivity index (χ1n) is 8.73. The van der Waals surface area contributed by atoms with Crippen LogP contribution in [0.5, 0.6) is 0 Å². The van der Waals surface area contributed by atoms with Gasteiger partial charge in [0.25, 0.3) is 0 Å². The summed E-state index contributed by atoms with van der Waals surface area (Å²) < 4.78 is 19.0. The van der Waals surface area contributed by atoms with E-state index < -0.39 is 0 Å². The quantitative estimate of drug-likeness (QED) is 0.617. The number of thiazole rings is 2. The van der Waals surface area contributed by atoms with Gasteiger partial charge in [0.15, 0.2) is 10.3 Å². The van der Waals surface area contributed by atoms with Gasteiger partial charge in [0.1, 0.15) is 5.82 Å². The maximum absolute atomic E-state index is 13.3. The summed E-state index contributed by atoms with van der Waals surface area (Å²) in [6.45, 7) is 3.18. The molecule has 1 aliphatic rings. The smallest absolute Gasteiger partial charge is 0.311 e. The van der Waals surface area contributed by atoms with Crippen LogP contribution in [0.2, 0.25) is 0 Å². The van der Waals surface area contributed by atoms with Crippen molar-refractivity contribution in [2.24, 2.45) is 5.92 Å². The Morgan fingerprint density at radius 3 is 2.96 bits per heavy atom. The number of rotatable bonds is 6. The first-order chi connectivity index (χ1) is 13.5. The van der Waals surface area contributed by atoms with Crippen molar-refractivity contribution in [1.29, 1.82) is 0 Å². The molecule has 1 saturated heterocycles. The maximum Gasteiger partial charge on any atom is 0.311 e. The summed E-state index contributed by atoms with van der Waals surface area (Å²) in [6, 6.07) is 4.52. The number of nitrogens with zero attached hydrogens (tertiary/aromatic N) is 3. The van der Waals surface area contributed by atoms with Gasteiger partial charge in [0, 0.05) is 18.5 Å². The predicted octanol–water partition coefficient (Wildman–Crippen LogP) is 3.07. The molecule has 0 radical (unpaired) electrons. The van der Waals surface area contributed by atoms with Crippen LogP contribution in [0.25, 0.3) is 10.2 Å². The van der Waals surface area contributed by atoms with E-state index in [1.54, 1.807) is 18.4 Å². The van der Waals surface area contributed by atoms with Crippen LogP contribution < -0.4 is 10.2 Å². The molecular weight excluding hydrogens is 403 g/mol. The number of ether oxygens (including phenoxy) is 1. The minimum atomic E-state index is -0.337. The fourth-order valence-electron chi connectivity index (χ4n) is 2.84. The number of nitrogens with one attached hydrogen (secondary N) is 1. The molecule has 1 N–H and O–H groups in total. The molecule has 0 atom stereocenters. The molecule has 10 heteroatoms. The number of hydrogen-bond acceptors (Lipinski definition) is 8. The molecule has 0 spiro atoms. The summed E-state index contributed by atoms with van der Waals surface area (Å²) in [7, 11) is 0. The van der Waals surface area contributed by atoms with Crippen molar-refractivity contribution in [3.8, 4) is 0 Å². The van der Waals surface area contributed by atoms with Crippen molar-refractivity contribution in [1.82, 2.24) is 9.97 Å². The zero-order valence-electron chi connectivity index (χ0n) is 15.0. The monoisotopic (exact) mass is 420 g/mol. The summed E-state index contributed by atoms with van der Waals surface area (Å²) in [5.41, 5.74) is 1.34. The molecule has 3 heterocycles. The van der Waals surface area contributed by atoms with Gasteiger partial charge in [-0.1, -0.05) is 11.3 Å². The third-order valence-corrected chi connectivity index (χ3v) is 6.16. The van der Waals surface area contributed by atoms with Crippen molar-refractivity contribution >= 4 is 55.0 Å². The number of benzene rings is 1. The van der Waals surface area contributed by atoms with E-state index in [4.69, 9.17) is 4.74 Å². The van der Waals surface area contributed by atoms with Crippen LogP contribution in [0, 0.1) is 11.7 Å². The molecule has 0 unspecified atom stereocenters. The number of anilines is 2. The van der Waals surface area contributed by atoms with E-state index in [-0.39, 0.29) is 30.0 Å². The van der Waals surface area contributed by atoms with Gasteiger partial charge in [0.05, 0.1) is 34.9 Å². The zero-order chi connectivity index (χ0) is 19.7. The molecule has 146 valence electrons. The van der Waals surface area contributed by atoms with E-state index in [0.717, 1.165) is 15.3 Å². The third kappa shape index (κ3) is 3.97. The summed E-state index contributed by atoms with van der Waals surface area (Å²) in [5, 5.41) is 5.79. The van der Waals surface area contributed by atoms with E-state index in [1.165, 1.54) is 34.8 Å². The molecule has 0 saturated carbocycles. The number of esters is 1. The molecule has 3 aromatic rings. The van der Waals surface area contributed by atoms with E-state index in [9.17, 15) is 14.0 Å². The lowest BCUT2D eigenvalue weighted by Gasteiger charge is -2.37. The Labute approximate surface area is 168 Å². The Hall–Kier alpha value is -2.59. The van der Waals surface area contributed by atoms with Crippen molar-refractivity contribution in [2.75, 3.05) is 29.9 Å². The summed E-state index contributed by atoms with van der Waals surface area (Å²) >= 11 is 2.70. The van der Waals surface area contributed by atoms with Crippen molar-refractivity contribution in [2.45, 2.75) is 13.3 Å². The van der Waals surface area contributed by atoms with E-state index in [0.29, 0.717) is 30.5 Å². The standard InChI is InChI=1S/C18H17FN4O3S2/c1-2-26-15(24)6-12-9-27-17(20-12)22-16(25)10-7-23(8-10)18-21-13-4-3-11(19)5-14(13)28-18/h3-5,9-10H,2,6-8H2,1H3,(H,20,22,25). The second-order valence-corrected chi connectivity index (χ2v) is 8.19. The normalized spacial score (nSPS) is 14.1. The Morgan fingerprint density at radius 1 is 1.36 bits per heavy atom. The maximum atomic E-state index is 13.3. The van der Waals surface area contributed by atoms with Crippen LogP contribution in [0.3, 0.4) is 0 Å². The molecule has 28 heavy (non-hydrogen) atoms. The summed E-state index contributed by atoms with van der Waals surface area (Å²) in [4.78, 5) is 34.6. The van der Waals surface area contributed by atoms with Crippen molar-refractivity contribution in [3.63, 3.8) is 0 Å². The van der Waals surface area contributed by atoms with Crippen LogP contribution in [0.1, 0.15) is 12.6 Å². The lowest BCUT2D eigenvalue weighted by molar-refractivity contribution is -0.142. The highest BCUT2D eigenvalue weighted by Crippen LogP contribution is 2.33. The third-order valence-electron chi connectivity index (χ3n) is 4.27. The van der Waals surface area contributed by atoms with Gasteiger partial charge in [0.2, 0.25) is 5.91 Å². The minimum Gasteiger partial charge on any atom is -0.466 e. The minimum absolute atomic E-state index is 0.0929. The summed E-state index contributed by atoms with van der Waals surface area (Å²) in [6.07, 6.45) is 0.0929. The van der Waals surface area contributed by atoms with Crippen LogP contribution in [-0.4, -0.2) is 41.5 Å². The van der Waals surface area contributed by atoms with Gasteiger partial charge in [-0.15, -0.1) is 11.3 Å². The molecule has 1 aliphatic heterocycles. The van der Waals surface area contributed by atoms with E-state index in [1.807, 2.05) is 4.90 Å². The largest absolute Gasteiger partial charge is 0.466 e. The number of aromatic nitrogens is 2. The number of carbonyl (C=O) groups is 2. The fraction of sp³-hybridized carbons (Fsp3) is 0.333. The van der Waals surface area contributed by atoms with Gasteiger partial charge in [-0.3, -0.25) is 9.59 Å². The first-order valence-corrected chi connectivity index (χ1v) is 10.4. The molecular formula is C18H17FN4O3S2. The highest BCUT2D eigenvalue weighted by atomic mass is 32.1. The van der Waals surface area contributed by atoms with Gasteiger partial charge < -0.3 is 15.0 Å². The molecule has 4 rings (SSSR count). The van der Waals surface area contributed by atoms with Crippen molar-refractivity contribution in [3.05, 3.63) is 35.1 Å². The Morgan fingerprint density at radius 2 is 2.18 bits per heavy atom. The highest BCUT2D eigenvalue weighted by molar-refractivity contribution is 7.22. The Bertz CT molecular complexity index is 1030. The molecule has 1 fully saturated rings. The fourth-order valence-corrected chi connectivity index (χ4v) is 4.56. The second-order valence-electron chi connectivity index (χ2n) is 6.33. The number of hydrogen-bond donors (Lipinski definition) is 1. The molecule has 1 amide bonds. The highest BCUT2D eigenvalue weighted by Gasteiger charge is 2.34. The average molecular weight is 420 g/mol. The average Bonchev–Trinajstić information content (AvgIpc) is 3.20. The van der Waals surface area contributed by atoms with Gasteiger partial charge >= 0.3 is 5.97 Å². The van der Waals surface area contributed by atoms with E-state index in [2.05, 4.69) is 15.3 Å². The molecule has 0 bridgehead atoms. The number of amides is 1. The van der Waals surface area contributed by atoms with Gasteiger partial charge in [-0.25, -0.2) is 14.4 Å². The van der Waals surface area contributed by atoms with Gasteiger partial charge in [-0.05, 0) is 25.1 Å². The second kappa shape index (κ2) is 7.80. The number of carbonyl (C=O) groups excluding carboxylic acids is 2. The first kappa shape index (κ1) is 18.8. The number of halogens is 1. The van der Waals surface area contributed by atoms with Crippen LogP contribution in [-0.2, 0) is 20.7 Å². The van der Waals surface area contributed by atoms with Crippen molar-refractivity contribution < 1.29 is 18.7 Å².